The molecule has 0 amide bonds. The molecule has 4 nitrogen and oxygen atoms in total. The van der Waals surface area contributed by atoms with Crippen LogP contribution in [0, 0.1) is 0 Å². The number of carbonyl (C=O) groups is 1. The Hall–Kier alpha value is -2.10. The maximum absolute atomic E-state index is 11.4. The van der Waals surface area contributed by atoms with Gasteiger partial charge in [0.1, 0.15) is 5.82 Å². The third-order valence-corrected chi connectivity index (χ3v) is 3.83. The number of H-pyrrole nitrogens is 1. The van der Waals surface area contributed by atoms with Gasteiger partial charge in [-0.15, -0.1) is 0 Å². The fraction of sp³-hybridized carbons (Fsp3) is 0.286. The van der Waals surface area contributed by atoms with Gasteiger partial charge in [-0.25, -0.2) is 4.98 Å². The third-order valence-electron chi connectivity index (χ3n) is 3.83. The lowest BCUT2D eigenvalue weighted by Gasteiger charge is -2.38. The van der Waals surface area contributed by atoms with Crippen LogP contribution in [0.25, 0.3) is 11.4 Å². The van der Waals surface area contributed by atoms with E-state index in [0.717, 1.165) is 36.2 Å². The Morgan fingerprint density at radius 1 is 1.28 bits per heavy atom. The molecule has 0 saturated heterocycles. The first-order valence-electron chi connectivity index (χ1n) is 6.06. The summed E-state index contributed by atoms with van der Waals surface area (Å²) in [6.07, 6.45) is 5.94. The zero-order valence-corrected chi connectivity index (χ0v) is 9.89. The van der Waals surface area contributed by atoms with Crippen LogP contribution < -0.4 is 0 Å². The third kappa shape index (κ3) is 1.53. The monoisotopic (exact) mass is 242 g/mol. The van der Waals surface area contributed by atoms with Gasteiger partial charge >= 0.3 is 5.97 Å². The van der Waals surface area contributed by atoms with Crippen molar-refractivity contribution < 1.29 is 9.90 Å². The Kier molecular flexibility index (Phi) is 2.44. The Balaban J connectivity index is 1.94. The molecule has 2 N–H and O–H groups in total. The van der Waals surface area contributed by atoms with Gasteiger partial charge in [0.25, 0.3) is 0 Å². The van der Waals surface area contributed by atoms with Gasteiger partial charge in [-0.05, 0) is 18.4 Å². The minimum atomic E-state index is -0.709. The number of aromatic amines is 1. The Morgan fingerprint density at radius 3 is 2.44 bits per heavy atom. The molecule has 1 aromatic carbocycles. The maximum Gasteiger partial charge on any atom is 0.314 e. The summed E-state index contributed by atoms with van der Waals surface area (Å²) in [6.45, 7) is 0. The summed E-state index contributed by atoms with van der Waals surface area (Å²) in [6, 6.07) is 7.67. The van der Waals surface area contributed by atoms with Crippen molar-refractivity contribution in [3.05, 3.63) is 42.2 Å². The molecule has 1 aromatic heterocycles. The fourth-order valence-corrected chi connectivity index (χ4v) is 2.53. The second kappa shape index (κ2) is 3.98. The molecule has 18 heavy (non-hydrogen) atoms. The van der Waals surface area contributed by atoms with Crippen LogP contribution >= 0.6 is 0 Å². The molecule has 0 aliphatic heterocycles. The topological polar surface area (TPSA) is 66.0 Å². The molecule has 0 bridgehead atoms. The Labute approximate surface area is 105 Å². The zero-order valence-electron chi connectivity index (χ0n) is 9.89. The van der Waals surface area contributed by atoms with Crippen LogP contribution in [0.2, 0.25) is 0 Å². The number of hydrogen-bond donors (Lipinski definition) is 2. The highest BCUT2D eigenvalue weighted by Gasteiger charge is 2.45. The van der Waals surface area contributed by atoms with Crippen molar-refractivity contribution in [2.45, 2.75) is 24.7 Å². The number of nitrogens with zero attached hydrogens (tertiary/aromatic N) is 1. The summed E-state index contributed by atoms with van der Waals surface area (Å²) < 4.78 is 0. The van der Waals surface area contributed by atoms with E-state index in [0.29, 0.717) is 0 Å². The summed E-state index contributed by atoms with van der Waals surface area (Å²) in [5.74, 6) is 0.0963. The van der Waals surface area contributed by atoms with Gasteiger partial charge in [0.15, 0.2) is 0 Å². The van der Waals surface area contributed by atoms with Crippen LogP contribution in [0.5, 0.6) is 0 Å². The number of carboxylic acid groups (broad SMARTS) is 1. The quantitative estimate of drug-likeness (QED) is 0.869. The largest absolute Gasteiger partial charge is 0.481 e. The lowest BCUT2D eigenvalue weighted by molar-refractivity contribution is -0.147. The fourth-order valence-electron chi connectivity index (χ4n) is 2.53. The van der Waals surface area contributed by atoms with E-state index in [4.69, 9.17) is 0 Å². The highest BCUT2D eigenvalue weighted by atomic mass is 16.4. The molecular weight excluding hydrogens is 228 g/mol. The molecule has 92 valence electrons. The summed E-state index contributed by atoms with van der Waals surface area (Å²) >= 11 is 0. The van der Waals surface area contributed by atoms with E-state index < -0.39 is 11.4 Å². The van der Waals surface area contributed by atoms with E-state index in [9.17, 15) is 9.90 Å². The van der Waals surface area contributed by atoms with Gasteiger partial charge in [-0.2, -0.15) is 0 Å². The Morgan fingerprint density at radius 2 is 2.00 bits per heavy atom. The SMILES string of the molecule is O=C(O)C1(c2ccc(-c3ncc[nH]3)cc2)CCC1. The molecule has 1 fully saturated rings. The number of nitrogens with one attached hydrogen (secondary N) is 1. The van der Waals surface area contributed by atoms with Gasteiger partial charge in [0, 0.05) is 18.0 Å². The van der Waals surface area contributed by atoms with Crippen LogP contribution in [0.15, 0.2) is 36.7 Å². The molecule has 2 aromatic rings. The van der Waals surface area contributed by atoms with Gasteiger partial charge in [0.05, 0.1) is 5.41 Å². The summed E-state index contributed by atoms with van der Waals surface area (Å²) in [5.41, 5.74) is 1.22. The van der Waals surface area contributed by atoms with Crippen molar-refractivity contribution in [3.63, 3.8) is 0 Å². The van der Waals surface area contributed by atoms with Crippen molar-refractivity contribution in [1.29, 1.82) is 0 Å². The van der Waals surface area contributed by atoms with Crippen LogP contribution in [0.3, 0.4) is 0 Å². The van der Waals surface area contributed by atoms with E-state index in [2.05, 4.69) is 9.97 Å². The zero-order chi connectivity index (χ0) is 12.6. The molecule has 4 heteroatoms. The van der Waals surface area contributed by atoms with Crippen LogP contribution in [0.4, 0.5) is 0 Å². The van der Waals surface area contributed by atoms with E-state index in [1.807, 2.05) is 24.3 Å². The molecule has 3 rings (SSSR count). The first-order valence-corrected chi connectivity index (χ1v) is 6.06. The first-order chi connectivity index (χ1) is 8.72. The molecule has 1 heterocycles. The first kappa shape index (κ1) is 11.0. The summed E-state index contributed by atoms with van der Waals surface area (Å²) in [4.78, 5) is 18.6. The van der Waals surface area contributed by atoms with Crippen LogP contribution in [0.1, 0.15) is 24.8 Å². The van der Waals surface area contributed by atoms with Crippen LogP contribution in [-0.4, -0.2) is 21.0 Å². The van der Waals surface area contributed by atoms with Crippen molar-refractivity contribution >= 4 is 5.97 Å². The molecular formula is C14H14N2O2. The number of benzene rings is 1. The average molecular weight is 242 g/mol. The number of carboxylic acids is 1. The molecule has 0 atom stereocenters. The van der Waals surface area contributed by atoms with Gasteiger partial charge in [-0.3, -0.25) is 4.79 Å². The van der Waals surface area contributed by atoms with Crippen molar-refractivity contribution in [2.75, 3.05) is 0 Å². The predicted octanol–water partition coefficient (Wildman–Crippen LogP) is 2.58. The van der Waals surface area contributed by atoms with Crippen molar-refractivity contribution in [3.8, 4) is 11.4 Å². The number of aliphatic carboxylic acids is 1. The molecule has 0 unspecified atom stereocenters. The van der Waals surface area contributed by atoms with E-state index in [1.54, 1.807) is 12.4 Å². The second-order valence-corrected chi connectivity index (χ2v) is 4.76. The molecule has 0 spiro atoms. The van der Waals surface area contributed by atoms with E-state index in [1.165, 1.54) is 0 Å². The number of hydrogen-bond acceptors (Lipinski definition) is 2. The van der Waals surface area contributed by atoms with E-state index in [-0.39, 0.29) is 0 Å². The standard InChI is InChI=1S/C14H14N2O2/c17-13(18)14(6-1-7-14)11-4-2-10(3-5-11)12-15-8-9-16-12/h2-5,8-9H,1,6-7H2,(H,15,16)(H,17,18). The van der Waals surface area contributed by atoms with Gasteiger partial charge in [0.2, 0.25) is 0 Å². The molecule has 1 saturated carbocycles. The maximum atomic E-state index is 11.4. The average Bonchev–Trinajstić information content (AvgIpc) is 2.81. The smallest absolute Gasteiger partial charge is 0.314 e. The van der Waals surface area contributed by atoms with Crippen molar-refractivity contribution in [2.24, 2.45) is 0 Å². The van der Waals surface area contributed by atoms with Gasteiger partial charge in [-0.1, -0.05) is 30.7 Å². The number of rotatable bonds is 3. The number of imidazole rings is 1. The predicted molar refractivity (Wildman–Crippen MR) is 67.2 cm³/mol. The van der Waals surface area contributed by atoms with Gasteiger partial charge < -0.3 is 10.1 Å². The molecule has 1 aliphatic carbocycles. The number of aromatic nitrogens is 2. The lowest BCUT2D eigenvalue weighted by atomic mass is 9.64. The van der Waals surface area contributed by atoms with Crippen molar-refractivity contribution in [1.82, 2.24) is 9.97 Å². The second-order valence-electron chi connectivity index (χ2n) is 4.76. The minimum Gasteiger partial charge on any atom is -0.481 e. The van der Waals surface area contributed by atoms with Crippen LogP contribution in [-0.2, 0) is 10.2 Å². The minimum absolute atomic E-state index is 0.651. The summed E-state index contributed by atoms with van der Waals surface area (Å²) in [5, 5.41) is 9.37. The Bertz CT molecular complexity index is 554. The highest BCUT2D eigenvalue weighted by Crippen LogP contribution is 2.44. The van der Waals surface area contributed by atoms with E-state index >= 15 is 0 Å². The molecule has 0 radical (unpaired) electrons. The normalized spacial score (nSPS) is 17.1. The molecule has 1 aliphatic rings. The summed E-state index contributed by atoms with van der Waals surface area (Å²) in [7, 11) is 0. The lowest BCUT2D eigenvalue weighted by Crippen LogP contribution is -2.42. The highest BCUT2D eigenvalue weighted by molar-refractivity contribution is 5.82.